The lowest BCUT2D eigenvalue weighted by Gasteiger charge is -2.07. The summed E-state index contributed by atoms with van der Waals surface area (Å²) in [5.41, 5.74) is 1.71. The van der Waals surface area contributed by atoms with Crippen LogP contribution in [-0.4, -0.2) is 11.8 Å². The van der Waals surface area contributed by atoms with Gasteiger partial charge in [0.15, 0.2) is 0 Å². The highest BCUT2D eigenvalue weighted by molar-refractivity contribution is 7.12. The fraction of sp³-hybridized carbons (Fsp3) is 0.0435. The monoisotopic (exact) mass is 420 g/mol. The summed E-state index contributed by atoms with van der Waals surface area (Å²) in [6.45, 7) is 0.200. The largest absolute Gasteiger partial charge is 0.459 e. The third-order valence-corrected chi connectivity index (χ3v) is 5.21. The van der Waals surface area contributed by atoms with Gasteiger partial charge in [-0.2, -0.15) is 0 Å². The first kappa shape index (κ1) is 19.6. The lowest BCUT2D eigenvalue weighted by atomic mass is 10.2. The van der Waals surface area contributed by atoms with Crippen LogP contribution >= 0.6 is 11.3 Å². The summed E-state index contributed by atoms with van der Waals surface area (Å²) in [5, 5.41) is 7.41. The van der Waals surface area contributed by atoms with Crippen molar-refractivity contribution in [2.24, 2.45) is 0 Å². The van der Waals surface area contributed by atoms with Crippen molar-refractivity contribution in [2.45, 2.75) is 6.54 Å². The molecule has 150 valence electrons. The number of carbonyl (C=O) groups is 2. The van der Waals surface area contributed by atoms with Crippen molar-refractivity contribution >= 4 is 28.8 Å². The van der Waals surface area contributed by atoms with E-state index in [1.807, 2.05) is 5.38 Å². The summed E-state index contributed by atoms with van der Waals surface area (Å²) in [6, 6.07) is 19.8. The molecule has 0 radical (unpaired) electrons. The second-order valence-corrected chi connectivity index (χ2v) is 7.42. The van der Waals surface area contributed by atoms with Gasteiger partial charge in [-0.05, 0) is 66.0 Å². The Kier molecular flexibility index (Phi) is 5.72. The lowest BCUT2D eigenvalue weighted by Crippen LogP contribution is -2.22. The number of carbonyl (C=O) groups excluding carboxylic acids is 2. The number of hydrogen-bond donors (Lipinski definition) is 2. The minimum atomic E-state index is -0.313. The van der Waals surface area contributed by atoms with Gasteiger partial charge < -0.3 is 15.1 Å². The van der Waals surface area contributed by atoms with Crippen molar-refractivity contribution in [1.82, 2.24) is 5.32 Å². The van der Waals surface area contributed by atoms with Gasteiger partial charge in [-0.25, -0.2) is 4.39 Å². The average molecular weight is 420 g/mol. The minimum absolute atomic E-state index is 0.200. The van der Waals surface area contributed by atoms with Crippen molar-refractivity contribution in [3.8, 4) is 11.3 Å². The molecule has 0 saturated heterocycles. The van der Waals surface area contributed by atoms with Crippen LogP contribution in [0.15, 0.2) is 82.6 Å². The van der Waals surface area contributed by atoms with Gasteiger partial charge in [-0.15, -0.1) is 11.3 Å². The quantitative estimate of drug-likeness (QED) is 0.443. The Bertz CT molecular complexity index is 1170. The Balaban J connectivity index is 1.37. The molecule has 0 fully saturated rings. The van der Waals surface area contributed by atoms with Gasteiger partial charge >= 0.3 is 0 Å². The predicted octanol–water partition coefficient (Wildman–Crippen LogP) is 5.33. The van der Waals surface area contributed by atoms with Crippen LogP contribution in [0.3, 0.4) is 0 Å². The summed E-state index contributed by atoms with van der Waals surface area (Å²) >= 11 is 1.35. The first-order chi connectivity index (χ1) is 14.6. The van der Waals surface area contributed by atoms with E-state index in [1.165, 1.54) is 23.5 Å². The molecule has 4 rings (SSSR count). The van der Waals surface area contributed by atoms with E-state index in [0.717, 1.165) is 5.56 Å². The highest BCUT2D eigenvalue weighted by atomic mass is 32.1. The van der Waals surface area contributed by atoms with E-state index in [-0.39, 0.29) is 24.2 Å². The van der Waals surface area contributed by atoms with Crippen molar-refractivity contribution < 1.29 is 18.4 Å². The Labute approximate surface area is 176 Å². The molecule has 2 amide bonds. The standard InChI is InChI=1S/C23H17FN2O3S/c24-17-8-6-15(7-9-17)20-11-10-19(29-20)14-25-22(27)16-3-1-4-18(13-16)26-23(28)21-5-2-12-30-21/h1-13H,14H2,(H,25,27)(H,26,28). The van der Waals surface area contributed by atoms with Crippen LogP contribution in [0.1, 0.15) is 25.8 Å². The van der Waals surface area contributed by atoms with Crippen LogP contribution in [0.2, 0.25) is 0 Å². The molecule has 2 aromatic heterocycles. The van der Waals surface area contributed by atoms with Crippen LogP contribution in [0.5, 0.6) is 0 Å². The topological polar surface area (TPSA) is 71.3 Å². The summed E-state index contributed by atoms with van der Waals surface area (Å²) in [4.78, 5) is 25.3. The van der Waals surface area contributed by atoms with Gasteiger partial charge in [0.2, 0.25) is 0 Å². The van der Waals surface area contributed by atoms with Crippen molar-refractivity contribution in [3.63, 3.8) is 0 Å². The third-order valence-electron chi connectivity index (χ3n) is 4.34. The second kappa shape index (κ2) is 8.75. The second-order valence-electron chi connectivity index (χ2n) is 6.47. The minimum Gasteiger partial charge on any atom is -0.459 e. The number of benzene rings is 2. The number of hydrogen-bond acceptors (Lipinski definition) is 4. The molecule has 0 aliphatic rings. The third kappa shape index (κ3) is 4.64. The summed E-state index contributed by atoms with van der Waals surface area (Å²) in [5.74, 6) is 0.349. The molecule has 0 bridgehead atoms. The molecule has 2 N–H and O–H groups in total. The van der Waals surface area contributed by atoms with E-state index < -0.39 is 0 Å². The zero-order chi connectivity index (χ0) is 20.9. The van der Waals surface area contributed by atoms with Crippen molar-refractivity contribution in [1.29, 1.82) is 0 Å². The van der Waals surface area contributed by atoms with Gasteiger partial charge in [-0.1, -0.05) is 12.1 Å². The summed E-state index contributed by atoms with van der Waals surface area (Å²) in [6.07, 6.45) is 0. The van der Waals surface area contributed by atoms with E-state index >= 15 is 0 Å². The van der Waals surface area contributed by atoms with Crippen molar-refractivity contribution in [3.05, 3.63) is 100 Å². The average Bonchev–Trinajstić information content (AvgIpc) is 3.45. The number of nitrogens with one attached hydrogen (secondary N) is 2. The molecule has 0 aliphatic carbocycles. The Morgan fingerprint density at radius 2 is 1.77 bits per heavy atom. The smallest absolute Gasteiger partial charge is 0.265 e. The molecular formula is C23H17FN2O3S. The SMILES string of the molecule is O=C(NCc1ccc(-c2ccc(F)cc2)o1)c1cccc(NC(=O)c2cccs2)c1. The maximum absolute atomic E-state index is 13.0. The lowest BCUT2D eigenvalue weighted by molar-refractivity contribution is 0.0947. The molecule has 7 heteroatoms. The van der Waals surface area contributed by atoms with Gasteiger partial charge in [0.1, 0.15) is 17.3 Å². The Morgan fingerprint density at radius 3 is 2.53 bits per heavy atom. The number of thiophene rings is 1. The van der Waals surface area contributed by atoms with Crippen LogP contribution in [0.25, 0.3) is 11.3 Å². The number of anilines is 1. The predicted molar refractivity (Wildman–Crippen MR) is 114 cm³/mol. The van der Waals surface area contributed by atoms with Gasteiger partial charge in [0, 0.05) is 16.8 Å². The highest BCUT2D eigenvalue weighted by Crippen LogP contribution is 2.22. The fourth-order valence-electron chi connectivity index (χ4n) is 2.85. The normalized spacial score (nSPS) is 10.6. The number of furan rings is 1. The maximum atomic E-state index is 13.0. The molecule has 0 spiro atoms. The van der Waals surface area contributed by atoms with E-state index in [9.17, 15) is 14.0 Å². The molecule has 0 aliphatic heterocycles. The maximum Gasteiger partial charge on any atom is 0.265 e. The zero-order valence-corrected chi connectivity index (χ0v) is 16.5. The summed E-state index contributed by atoms with van der Waals surface area (Å²) < 4.78 is 18.8. The Hall–Kier alpha value is -3.71. The molecule has 2 aromatic carbocycles. The van der Waals surface area contributed by atoms with E-state index in [1.54, 1.807) is 60.7 Å². The molecule has 0 atom stereocenters. The van der Waals surface area contributed by atoms with Crippen LogP contribution < -0.4 is 10.6 Å². The highest BCUT2D eigenvalue weighted by Gasteiger charge is 2.11. The number of halogens is 1. The van der Waals surface area contributed by atoms with E-state index in [4.69, 9.17) is 4.42 Å². The molecule has 0 unspecified atom stereocenters. The molecule has 5 nitrogen and oxygen atoms in total. The molecule has 30 heavy (non-hydrogen) atoms. The molecule has 0 saturated carbocycles. The van der Waals surface area contributed by atoms with Gasteiger partial charge in [-0.3, -0.25) is 9.59 Å². The van der Waals surface area contributed by atoms with E-state index in [2.05, 4.69) is 10.6 Å². The first-order valence-electron chi connectivity index (χ1n) is 9.16. The van der Waals surface area contributed by atoms with Crippen LogP contribution in [-0.2, 0) is 6.54 Å². The first-order valence-corrected chi connectivity index (χ1v) is 10.0. The summed E-state index contributed by atoms with van der Waals surface area (Å²) in [7, 11) is 0. The Morgan fingerprint density at radius 1 is 0.933 bits per heavy atom. The van der Waals surface area contributed by atoms with Crippen LogP contribution in [0.4, 0.5) is 10.1 Å². The number of amides is 2. The fourth-order valence-corrected chi connectivity index (χ4v) is 3.47. The van der Waals surface area contributed by atoms with E-state index in [0.29, 0.717) is 27.6 Å². The number of rotatable bonds is 6. The van der Waals surface area contributed by atoms with Gasteiger partial charge in [0.05, 0.1) is 11.4 Å². The van der Waals surface area contributed by atoms with Crippen molar-refractivity contribution in [2.75, 3.05) is 5.32 Å². The molecule has 4 aromatic rings. The van der Waals surface area contributed by atoms with Gasteiger partial charge in [0.25, 0.3) is 11.8 Å². The van der Waals surface area contributed by atoms with Crippen LogP contribution in [0, 0.1) is 5.82 Å². The molecule has 2 heterocycles. The zero-order valence-electron chi connectivity index (χ0n) is 15.7. The molecular weight excluding hydrogens is 403 g/mol.